The molecule has 1 saturated heterocycles. The number of carbonyl (C=O) groups is 2. The lowest BCUT2D eigenvalue weighted by atomic mass is 10.1. The van der Waals surface area contributed by atoms with Crippen molar-refractivity contribution in [3.8, 4) is 11.3 Å². The fourth-order valence-corrected chi connectivity index (χ4v) is 5.54. The Morgan fingerprint density at radius 1 is 0.854 bits per heavy atom. The molecule has 1 aliphatic rings. The normalized spacial score (nSPS) is 15.1. The minimum absolute atomic E-state index is 0.0331. The van der Waals surface area contributed by atoms with E-state index in [1.165, 1.54) is 30.6 Å². The van der Waals surface area contributed by atoms with E-state index in [-0.39, 0.29) is 42.0 Å². The van der Waals surface area contributed by atoms with Crippen molar-refractivity contribution in [2.45, 2.75) is 31.2 Å². The Morgan fingerprint density at radius 3 is 2.23 bits per heavy atom. The van der Waals surface area contributed by atoms with Crippen molar-refractivity contribution in [1.29, 1.82) is 0 Å². The standard InChI is InChI=1S/C32H26F6N8O2/c33-31(34,35)20-4-1-3-18(13-20)14-25(47)45-12-11-24(16-45)46-29-26(28(39)40-17-41-29)27(44-46)19-7-9-22(10-8-19)42-30(48)43-23-6-2-5-21(15-23)32(36,37)38/h1-10,13,15,17,24H,11-12,14,16H2,(H2,39,40,41)(H2,42,43,48)/t24-/m0/s1. The van der Waals surface area contributed by atoms with Gasteiger partial charge in [-0.05, 0) is 48.4 Å². The second-order valence-electron chi connectivity index (χ2n) is 11.1. The van der Waals surface area contributed by atoms with Gasteiger partial charge >= 0.3 is 18.4 Å². The van der Waals surface area contributed by atoms with Crippen LogP contribution in [0.2, 0.25) is 0 Å². The Hall–Kier alpha value is -5.67. The van der Waals surface area contributed by atoms with Gasteiger partial charge in [0.05, 0.1) is 29.0 Å². The van der Waals surface area contributed by atoms with E-state index >= 15 is 0 Å². The Balaban J connectivity index is 1.17. The maximum atomic E-state index is 13.1. The van der Waals surface area contributed by atoms with Crippen LogP contribution < -0.4 is 16.4 Å². The summed E-state index contributed by atoms with van der Waals surface area (Å²) in [6, 6.07) is 14.4. The molecular formula is C32H26F6N8O2. The van der Waals surface area contributed by atoms with Crippen LogP contribution in [-0.4, -0.2) is 49.7 Å². The van der Waals surface area contributed by atoms with Crippen LogP contribution in [-0.2, 0) is 23.6 Å². The summed E-state index contributed by atoms with van der Waals surface area (Å²) in [4.78, 5) is 35.6. The molecule has 3 aromatic carbocycles. The van der Waals surface area contributed by atoms with Gasteiger partial charge in [-0.3, -0.25) is 4.79 Å². The Morgan fingerprint density at radius 2 is 1.52 bits per heavy atom. The van der Waals surface area contributed by atoms with Gasteiger partial charge in [0.25, 0.3) is 0 Å². The molecule has 1 fully saturated rings. The maximum Gasteiger partial charge on any atom is 0.416 e. The number of likely N-dealkylation sites (tertiary alicyclic amines) is 1. The summed E-state index contributed by atoms with van der Waals surface area (Å²) < 4.78 is 80.1. The molecule has 2 aromatic heterocycles. The monoisotopic (exact) mass is 668 g/mol. The molecule has 0 radical (unpaired) electrons. The molecular weight excluding hydrogens is 642 g/mol. The molecule has 3 heterocycles. The second-order valence-corrected chi connectivity index (χ2v) is 11.1. The van der Waals surface area contributed by atoms with Crippen LogP contribution >= 0.6 is 0 Å². The predicted molar refractivity (Wildman–Crippen MR) is 165 cm³/mol. The molecule has 48 heavy (non-hydrogen) atoms. The van der Waals surface area contributed by atoms with Gasteiger partial charge in [-0.15, -0.1) is 0 Å². The molecule has 0 unspecified atom stereocenters. The number of alkyl halides is 6. The zero-order valence-electron chi connectivity index (χ0n) is 24.8. The molecule has 10 nitrogen and oxygen atoms in total. The first-order valence-corrected chi connectivity index (χ1v) is 14.5. The van der Waals surface area contributed by atoms with E-state index in [1.807, 2.05) is 0 Å². The highest BCUT2D eigenvalue weighted by Crippen LogP contribution is 2.35. The molecule has 6 rings (SSSR count). The van der Waals surface area contributed by atoms with E-state index in [9.17, 15) is 35.9 Å². The minimum atomic E-state index is -4.56. The number of benzene rings is 3. The molecule has 0 aliphatic carbocycles. The first-order chi connectivity index (χ1) is 22.8. The van der Waals surface area contributed by atoms with E-state index in [0.29, 0.717) is 40.9 Å². The Bertz CT molecular complexity index is 1990. The predicted octanol–water partition coefficient (Wildman–Crippen LogP) is 6.77. The molecule has 0 bridgehead atoms. The smallest absolute Gasteiger partial charge is 0.383 e. The lowest BCUT2D eigenvalue weighted by molar-refractivity contribution is -0.138. The van der Waals surface area contributed by atoms with Crippen molar-refractivity contribution >= 4 is 40.2 Å². The zero-order valence-corrected chi connectivity index (χ0v) is 24.8. The average Bonchev–Trinajstić information content (AvgIpc) is 3.67. The number of hydrogen-bond acceptors (Lipinski definition) is 6. The maximum absolute atomic E-state index is 13.1. The molecule has 3 amide bonds. The number of hydrogen-bond donors (Lipinski definition) is 3. The number of nitrogen functional groups attached to an aromatic ring is 1. The lowest BCUT2D eigenvalue weighted by Crippen LogP contribution is -2.30. The van der Waals surface area contributed by atoms with Gasteiger partial charge in [-0.2, -0.15) is 31.4 Å². The van der Waals surface area contributed by atoms with Crippen molar-refractivity contribution in [3.63, 3.8) is 0 Å². The molecule has 248 valence electrons. The third-order valence-electron chi connectivity index (χ3n) is 7.85. The quantitative estimate of drug-likeness (QED) is 0.171. The number of carbonyl (C=O) groups excluding carboxylic acids is 2. The lowest BCUT2D eigenvalue weighted by Gasteiger charge is -2.17. The number of nitrogens with one attached hydrogen (secondary N) is 2. The third kappa shape index (κ3) is 6.86. The molecule has 0 spiro atoms. The second kappa shape index (κ2) is 12.5. The molecule has 4 N–H and O–H groups in total. The summed E-state index contributed by atoms with van der Waals surface area (Å²) >= 11 is 0. The van der Waals surface area contributed by atoms with E-state index in [1.54, 1.807) is 33.8 Å². The third-order valence-corrected chi connectivity index (χ3v) is 7.85. The first-order valence-electron chi connectivity index (χ1n) is 14.5. The van der Waals surface area contributed by atoms with Crippen molar-refractivity contribution < 1.29 is 35.9 Å². The summed E-state index contributed by atoms with van der Waals surface area (Å²) in [6.45, 7) is 0.615. The summed E-state index contributed by atoms with van der Waals surface area (Å²) in [5.74, 6) is -0.151. The average molecular weight is 669 g/mol. The highest BCUT2D eigenvalue weighted by atomic mass is 19.4. The summed E-state index contributed by atoms with van der Waals surface area (Å²) in [5, 5.41) is 10.2. The number of nitrogens with two attached hydrogens (primary N) is 1. The van der Waals surface area contributed by atoms with E-state index in [4.69, 9.17) is 10.8 Å². The molecule has 1 aliphatic heterocycles. The van der Waals surface area contributed by atoms with Crippen LogP contribution in [0.4, 0.5) is 48.3 Å². The number of amides is 3. The highest BCUT2D eigenvalue weighted by Gasteiger charge is 2.33. The molecule has 16 heteroatoms. The van der Waals surface area contributed by atoms with E-state index in [0.717, 1.165) is 24.3 Å². The largest absolute Gasteiger partial charge is 0.416 e. The number of urea groups is 1. The SMILES string of the molecule is Nc1ncnc2c1c(-c1ccc(NC(=O)Nc3cccc(C(F)(F)F)c3)cc1)nn2[C@H]1CCN(C(=O)Cc2cccc(C(F)(F)F)c2)C1. The van der Waals surface area contributed by atoms with Crippen LogP contribution in [0, 0.1) is 0 Å². The van der Waals surface area contributed by atoms with Gasteiger partial charge in [0, 0.05) is 30.0 Å². The zero-order chi connectivity index (χ0) is 34.2. The van der Waals surface area contributed by atoms with Crippen LogP contribution in [0.3, 0.4) is 0 Å². The number of fused-ring (bicyclic) bond motifs is 1. The van der Waals surface area contributed by atoms with Crippen LogP contribution in [0.5, 0.6) is 0 Å². The van der Waals surface area contributed by atoms with Gasteiger partial charge in [-0.25, -0.2) is 19.4 Å². The van der Waals surface area contributed by atoms with E-state index < -0.39 is 29.5 Å². The first kappa shape index (κ1) is 32.3. The van der Waals surface area contributed by atoms with Crippen molar-refractivity contribution in [1.82, 2.24) is 24.6 Å². The van der Waals surface area contributed by atoms with Gasteiger partial charge in [0.15, 0.2) is 5.65 Å². The molecule has 5 aromatic rings. The van der Waals surface area contributed by atoms with Crippen LogP contribution in [0.15, 0.2) is 79.1 Å². The Labute approximate surface area is 268 Å². The fraction of sp³-hybridized carbons (Fsp3) is 0.219. The highest BCUT2D eigenvalue weighted by molar-refractivity contribution is 6.01. The van der Waals surface area contributed by atoms with Gasteiger partial charge < -0.3 is 21.3 Å². The summed E-state index contributed by atoms with van der Waals surface area (Å²) in [5.41, 5.74) is 6.56. The number of anilines is 3. The van der Waals surface area contributed by atoms with Crippen molar-refractivity contribution in [2.24, 2.45) is 0 Å². The fourth-order valence-electron chi connectivity index (χ4n) is 5.54. The van der Waals surface area contributed by atoms with Crippen molar-refractivity contribution in [2.75, 3.05) is 29.5 Å². The summed E-state index contributed by atoms with van der Waals surface area (Å²) in [7, 11) is 0. The number of nitrogens with zero attached hydrogens (tertiary/aromatic N) is 5. The minimum Gasteiger partial charge on any atom is -0.383 e. The Kier molecular flexibility index (Phi) is 8.41. The molecule has 1 atom stereocenters. The van der Waals surface area contributed by atoms with Crippen LogP contribution in [0.25, 0.3) is 22.3 Å². The molecule has 0 saturated carbocycles. The summed E-state index contributed by atoms with van der Waals surface area (Å²) in [6.07, 6.45) is -7.45. The van der Waals surface area contributed by atoms with Gasteiger partial charge in [0.2, 0.25) is 5.91 Å². The van der Waals surface area contributed by atoms with Gasteiger partial charge in [-0.1, -0.05) is 36.4 Å². The van der Waals surface area contributed by atoms with E-state index in [2.05, 4.69) is 20.6 Å². The number of rotatable bonds is 6. The van der Waals surface area contributed by atoms with Gasteiger partial charge in [0.1, 0.15) is 17.8 Å². The van der Waals surface area contributed by atoms with Crippen LogP contribution in [0.1, 0.15) is 29.2 Å². The topological polar surface area (TPSA) is 131 Å². The number of aromatic nitrogens is 4. The van der Waals surface area contributed by atoms with Crippen molar-refractivity contribution in [3.05, 3.63) is 95.8 Å². The number of halogens is 6.